The van der Waals surface area contributed by atoms with Crippen molar-refractivity contribution >= 4 is 5.91 Å². The highest BCUT2D eigenvalue weighted by Crippen LogP contribution is 2.24. The standard InChI is InChI=1S/C17H29N3O2/c1-2-3-4-5-6-7-10-19-16(21)15-13-22-17(20-15)14-8-11-18-12-9-14/h13-14,18H,2-12H2,1H3,(H,19,21). The summed E-state index contributed by atoms with van der Waals surface area (Å²) in [6.07, 6.45) is 10.9. The summed E-state index contributed by atoms with van der Waals surface area (Å²) < 4.78 is 5.50. The molecule has 1 amide bonds. The Morgan fingerprint density at radius 3 is 2.77 bits per heavy atom. The van der Waals surface area contributed by atoms with Gasteiger partial charge in [0.1, 0.15) is 6.26 Å². The van der Waals surface area contributed by atoms with Gasteiger partial charge in [-0.05, 0) is 32.4 Å². The Hall–Kier alpha value is -1.36. The fourth-order valence-corrected chi connectivity index (χ4v) is 2.85. The van der Waals surface area contributed by atoms with Gasteiger partial charge in [0.15, 0.2) is 11.6 Å². The number of hydrogen-bond acceptors (Lipinski definition) is 4. The molecular formula is C17H29N3O2. The van der Waals surface area contributed by atoms with Crippen molar-refractivity contribution in [3.63, 3.8) is 0 Å². The van der Waals surface area contributed by atoms with Crippen LogP contribution in [0.2, 0.25) is 0 Å². The van der Waals surface area contributed by atoms with E-state index in [0.717, 1.165) is 38.9 Å². The van der Waals surface area contributed by atoms with E-state index in [4.69, 9.17) is 4.42 Å². The van der Waals surface area contributed by atoms with Crippen LogP contribution in [0.15, 0.2) is 10.7 Å². The fourth-order valence-electron chi connectivity index (χ4n) is 2.85. The molecule has 5 nitrogen and oxygen atoms in total. The van der Waals surface area contributed by atoms with Crippen LogP contribution in [0.5, 0.6) is 0 Å². The Labute approximate surface area is 133 Å². The van der Waals surface area contributed by atoms with E-state index in [1.807, 2.05) is 0 Å². The highest BCUT2D eigenvalue weighted by molar-refractivity contribution is 5.91. The second-order valence-corrected chi connectivity index (χ2v) is 6.12. The summed E-state index contributed by atoms with van der Waals surface area (Å²) in [4.78, 5) is 16.4. The molecule has 0 aliphatic carbocycles. The lowest BCUT2D eigenvalue weighted by Gasteiger charge is -2.19. The molecule has 0 unspecified atom stereocenters. The number of hydrogen-bond donors (Lipinski definition) is 2. The van der Waals surface area contributed by atoms with Crippen molar-refractivity contribution in [1.82, 2.24) is 15.6 Å². The molecule has 0 atom stereocenters. The number of carbonyl (C=O) groups excluding carboxylic acids is 1. The van der Waals surface area contributed by atoms with E-state index in [1.54, 1.807) is 0 Å². The van der Waals surface area contributed by atoms with Crippen LogP contribution in [0.25, 0.3) is 0 Å². The Bertz CT molecular complexity index is 439. The molecule has 1 aliphatic rings. The van der Waals surface area contributed by atoms with Crippen LogP contribution in [0.1, 0.15) is 80.6 Å². The first-order valence-corrected chi connectivity index (χ1v) is 8.75. The average molecular weight is 307 g/mol. The molecule has 2 rings (SSSR count). The number of unbranched alkanes of at least 4 members (excludes halogenated alkanes) is 5. The van der Waals surface area contributed by atoms with Crippen molar-refractivity contribution in [1.29, 1.82) is 0 Å². The molecule has 5 heteroatoms. The summed E-state index contributed by atoms with van der Waals surface area (Å²) >= 11 is 0. The number of carbonyl (C=O) groups is 1. The third-order valence-electron chi connectivity index (χ3n) is 4.26. The molecule has 0 radical (unpaired) electrons. The summed E-state index contributed by atoms with van der Waals surface area (Å²) in [6.45, 7) is 4.93. The molecule has 0 saturated carbocycles. The molecule has 0 spiro atoms. The van der Waals surface area contributed by atoms with Crippen molar-refractivity contribution in [2.24, 2.45) is 0 Å². The highest BCUT2D eigenvalue weighted by atomic mass is 16.3. The van der Waals surface area contributed by atoms with Gasteiger partial charge in [0.2, 0.25) is 0 Å². The molecule has 2 N–H and O–H groups in total. The summed E-state index contributed by atoms with van der Waals surface area (Å²) in [6, 6.07) is 0. The molecule has 22 heavy (non-hydrogen) atoms. The monoisotopic (exact) mass is 307 g/mol. The Morgan fingerprint density at radius 1 is 1.27 bits per heavy atom. The molecule has 1 saturated heterocycles. The number of nitrogens with one attached hydrogen (secondary N) is 2. The lowest BCUT2D eigenvalue weighted by Crippen LogP contribution is -2.27. The summed E-state index contributed by atoms with van der Waals surface area (Å²) in [7, 11) is 0. The summed E-state index contributed by atoms with van der Waals surface area (Å²) in [5, 5.41) is 6.25. The summed E-state index contributed by atoms with van der Waals surface area (Å²) in [5.41, 5.74) is 0.416. The molecule has 1 aliphatic heterocycles. The number of oxazole rings is 1. The smallest absolute Gasteiger partial charge is 0.273 e. The third-order valence-corrected chi connectivity index (χ3v) is 4.26. The van der Waals surface area contributed by atoms with E-state index in [0.29, 0.717) is 17.5 Å². The van der Waals surface area contributed by atoms with E-state index < -0.39 is 0 Å². The first-order chi connectivity index (χ1) is 10.8. The Morgan fingerprint density at radius 2 is 2.00 bits per heavy atom. The molecule has 0 bridgehead atoms. The van der Waals surface area contributed by atoms with Crippen LogP contribution >= 0.6 is 0 Å². The van der Waals surface area contributed by atoms with Crippen LogP contribution in [-0.4, -0.2) is 30.5 Å². The van der Waals surface area contributed by atoms with Gasteiger partial charge in [0.25, 0.3) is 5.91 Å². The topological polar surface area (TPSA) is 67.2 Å². The maximum Gasteiger partial charge on any atom is 0.273 e. The largest absolute Gasteiger partial charge is 0.448 e. The lowest BCUT2D eigenvalue weighted by molar-refractivity contribution is 0.0948. The normalized spacial score (nSPS) is 15.9. The fraction of sp³-hybridized carbons (Fsp3) is 0.765. The van der Waals surface area contributed by atoms with Crippen LogP contribution in [0.4, 0.5) is 0 Å². The van der Waals surface area contributed by atoms with Crippen LogP contribution < -0.4 is 10.6 Å². The predicted molar refractivity (Wildman–Crippen MR) is 87.1 cm³/mol. The van der Waals surface area contributed by atoms with Gasteiger partial charge in [0.05, 0.1) is 0 Å². The van der Waals surface area contributed by atoms with Gasteiger partial charge in [-0.25, -0.2) is 4.98 Å². The lowest BCUT2D eigenvalue weighted by atomic mass is 9.98. The predicted octanol–water partition coefficient (Wildman–Crippen LogP) is 3.23. The maximum atomic E-state index is 12.0. The first-order valence-electron chi connectivity index (χ1n) is 8.75. The number of piperidine rings is 1. The highest BCUT2D eigenvalue weighted by Gasteiger charge is 2.21. The van der Waals surface area contributed by atoms with Crippen molar-refractivity contribution in [3.8, 4) is 0 Å². The quantitative estimate of drug-likeness (QED) is 0.687. The van der Waals surface area contributed by atoms with Gasteiger partial charge >= 0.3 is 0 Å². The molecule has 124 valence electrons. The molecule has 1 aromatic heterocycles. The van der Waals surface area contributed by atoms with Crippen molar-refractivity contribution in [2.45, 2.75) is 64.2 Å². The second-order valence-electron chi connectivity index (χ2n) is 6.12. The van der Waals surface area contributed by atoms with Crippen molar-refractivity contribution < 1.29 is 9.21 Å². The van der Waals surface area contributed by atoms with E-state index >= 15 is 0 Å². The Kier molecular flexibility index (Phi) is 7.43. The van der Waals surface area contributed by atoms with Gasteiger partial charge in [0, 0.05) is 12.5 Å². The third kappa shape index (κ3) is 5.44. The minimum Gasteiger partial charge on any atom is -0.448 e. The molecule has 1 aromatic rings. The SMILES string of the molecule is CCCCCCCCNC(=O)c1coc(C2CCNCC2)n1. The number of rotatable bonds is 9. The zero-order valence-electron chi connectivity index (χ0n) is 13.7. The number of amides is 1. The van der Waals surface area contributed by atoms with Gasteiger partial charge in [-0.2, -0.15) is 0 Å². The summed E-state index contributed by atoms with van der Waals surface area (Å²) in [5.74, 6) is 0.949. The minimum absolute atomic E-state index is 0.113. The van der Waals surface area contributed by atoms with E-state index in [1.165, 1.54) is 38.4 Å². The van der Waals surface area contributed by atoms with E-state index in [2.05, 4.69) is 22.5 Å². The zero-order valence-corrected chi connectivity index (χ0v) is 13.7. The number of aromatic nitrogens is 1. The van der Waals surface area contributed by atoms with E-state index in [9.17, 15) is 4.79 Å². The van der Waals surface area contributed by atoms with Crippen LogP contribution in [0, 0.1) is 0 Å². The van der Waals surface area contributed by atoms with Crippen LogP contribution in [0.3, 0.4) is 0 Å². The molecule has 2 heterocycles. The number of nitrogens with zero attached hydrogens (tertiary/aromatic N) is 1. The molecule has 0 aromatic carbocycles. The van der Waals surface area contributed by atoms with Crippen molar-refractivity contribution in [2.75, 3.05) is 19.6 Å². The maximum absolute atomic E-state index is 12.0. The first kappa shape index (κ1) is 17.0. The zero-order chi connectivity index (χ0) is 15.6. The van der Waals surface area contributed by atoms with Gasteiger partial charge in [-0.3, -0.25) is 4.79 Å². The van der Waals surface area contributed by atoms with E-state index in [-0.39, 0.29) is 5.91 Å². The van der Waals surface area contributed by atoms with Crippen LogP contribution in [-0.2, 0) is 0 Å². The Balaban J connectivity index is 1.66. The molecule has 1 fully saturated rings. The van der Waals surface area contributed by atoms with Gasteiger partial charge < -0.3 is 15.1 Å². The van der Waals surface area contributed by atoms with Gasteiger partial charge in [-0.15, -0.1) is 0 Å². The van der Waals surface area contributed by atoms with Crippen molar-refractivity contribution in [3.05, 3.63) is 17.8 Å². The average Bonchev–Trinajstić information content (AvgIpc) is 3.05. The molecular weight excluding hydrogens is 278 g/mol. The van der Waals surface area contributed by atoms with Gasteiger partial charge in [-0.1, -0.05) is 39.0 Å². The minimum atomic E-state index is -0.113. The second kappa shape index (κ2) is 9.62.